The minimum atomic E-state index is -4.50. The largest absolute Gasteiger partial charge is 0.497 e. The van der Waals surface area contributed by atoms with Gasteiger partial charge < -0.3 is 15.4 Å². The molecule has 0 fully saturated rings. The van der Waals surface area contributed by atoms with Gasteiger partial charge in [-0.15, -0.1) is 0 Å². The maximum Gasteiger partial charge on any atom is 0.410 e. The summed E-state index contributed by atoms with van der Waals surface area (Å²) in [6, 6.07) is 12.0. The Labute approximate surface area is 183 Å². The van der Waals surface area contributed by atoms with E-state index in [1.165, 1.54) is 6.20 Å². The van der Waals surface area contributed by atoms with Crippen molar-refractivity contribution < 1.29 is 22.7 Å². The van der Waals surface area contributed by atoms with Crippen LogP contribution in [0.25, 0.3) is 0 Å². The Kier molecular flexibility index (Phi) is 5.82. The lowest BCUT2D eigenvalue weighted by Gasteiger charge is -2.34. The molecule has 1 aliphatic heterocycles. The number of nitrogens with one attached hydrogen (secondary N) is 2. The highest BCUT2D eigenvalue weighted by Crippen LogP contribution is 2.44. The molecule has 0 spiro atoms. The summed E-state index contributed by atoms with van der Waals surface area (Å²) >= 11 is 0. The lowest BCUT2D eigenvalue weighted by molar-refractivity contribution is -0.173. The van der Waals surface area contributed by atoms with Crippen molar-refractivity contribution in [2.45, 2.75) is 38.1 Å². The molecule has 0 saturated carbocycles. The van der Waals surface area contributed by atoms with Crippen molar-refractivity contribution in [3.8, 4) is 5.75 Å². The number of alkyl halides is 3. The summed E-state index contributed by atoms with van der Waals surface area (Å²) in [4.78, 5) is 12.8. The van der Waals surface area contributed by atoms with E-state index < -0.39 is 24.2 Å². The average molecular weight is 444 g/mol. The number of hydrogen-bond acceptors (Lipinski definition) is 4. The molecular weight excluding hydrogens is 421 g/mol. The number of fused-ring (bicyclic) bond motifs is 1. The van der Waals surface area contributed by atoms with E-state index in [0.717, 1.165) is 21.4 Å². The standard InChI is InChI=1S/C23H23F3N4O2/c1-14-3-7-16(8-4-14)19-11-20(23(24,25)26)30-21(29-19)18(13-28-30)22(31)27-12-15-5-9-17(32-2)10-6-15/h3-10,13,19-20,29H,11-12H2,1-2H3,(H,27,31)/t19-,20+/m0/s1. The second-order valence-electron chi connectivity index (χ2n) is 7.78. The quantitative estimate of drug-likeness (QED) is 0.594. The molecule has 1 aliphatic rings. The predicted molar refractivity (Wildman–Crippen MR) is 114 cm³/mol. The van der Waals surface area contributed by atoms with Crippen molar-refractivity contribution in [2.24, 2.45) is 0 Å². The monoisotopic (exact) mass is 444 g/mol. The highest BCUT2D eigenvalue weighted by Gasteiger charge is 2.47. The van der Waals surface area contributed by atoms with Crippen LogP contribution in [0.1, 0.15) is 45.6 Å². The molecule has 0 unspecified atom stereocenters. The van der Waals surface area contributed by atoms with Gasteiger partial charge in [0, 0.05) is 13.0 Å². The molecule has 2 heterocycles. The molecule has 4 rings (SSSR count). The van der Waals surface area contributed by atoms with E-state index in [1.54, 1.807) is 43.5 Å². The van der Waals surface area contributed by atoms with Crippen LogP contribution in [-0.2, 0) is 6.54 Å². The van der Waals surface area contributed by atoms with Crippen molar-refractivity contribution in [1.29, 1.82) is 0 Å². The van der Waals surface area contributed by atoms with Gasteiger partial charge in [0.2, 0.25) is 0 Å². The molecule has 0 saturated heterocycles. The van der Waals surface area contributed by atoms with Gasteiger partial charge in [-0.2, -0.15) is 18.3 Å². The highest BCUT2D eigenvalue weighted by atomic mass is 19.4. The number of anilines is 1. The fourth-order valence-corrected chi connectivity index (χ4v) is 3.77. The van der Waals surface area contributed by atoms with E-state index in [1.807, 2.05) is 19.1 Å². The highest BCUT2D eigenvalue weighted by molar-refractivity contribution is 5.98. The Morgan fingerprint density at radius 2 is 1.88 bits per heavy atom. The van der Waals surface area contributed by atoms with Gasteiger partial charge in [0.05, 0.1) is 19.3 Å². The van der Waals surface area contributed by atoms with Gasteiger partial charge in [0.25, 0.3) is 5.91 Å². The summed E-state index contributed by atoms with van der Waals surface area (Å²) in [6.07, 6.45) is -3.53. The summed E-state index contributed by atoms with van der Waals surface area (Å²) < 4.78 is 47.4. The van der Waals surface area contributed by atoms with Crippen LogP contribution in [0.3, 0.4) is 0 Å². The Balaban J connectivity index is 1.58. The maximum absolute atomic E-state index is 13.8. The number of amides is 1. The number of aromatic nitrogens is 2. The lowest BCUT2D eigenvalue weighted by Crippen LogP contribution is -2.36. The Morgan fingerprint density at radius 3 is 2.50 bits per heavy atom. The number of rotatable bonds is 5. The van der Waals surface area contributed by atoms with Crippen molar-refractivity contribution in [3.05, 3.63) is 77.0 Å². The second kappa shape index (κ2) is 8.57. The number of methoxy groups -OCH3 is 1. The normalized spacial score (nSPS) is 17.9. The number of hydrogen-bond donors (Lipinski definition) is 2. The van der Waals surface area contributed by atoms with Gasteiger partial charge in [0.1, 0.15) is 17.1 Å². The lowest BCUT2D eigenvalue weighted by atomic mass is 9.96. The zero-order chi connectivity index (χ0) is 22.9. The molecule has 6 nitrogen and oxygen atoms in total. The summed E-state index contributed by atoms with van der Waals surface area (Å²) in [5.41, 5.74) is 2.64. The van der Waals surface area contributed by atoms with Crippen LogP contribution in [-0.4, -0.2) is 29.0 Å². The first-order valence-electron chi connectivity index (χ1n) is 10.1. The van der Waals surface area contributed by atoms with Crippen LogP contribution in [0.4, 0.5) is 19.0 Å². The first kappa shape index (κ1) is 21.7. The summed E-state index contributed by atoms with van der Waals surface area (Å²) in [6.45, 7) is 2.13. The van der Waals surface area contributed by atoms with Crippen LogP contribution in [0.2, 0.25) is 0 Å². The molecule has 168 valence electrons. The number of benzene rings is 2. The fourth-order valence-electron chi connectivity index (χ4n) is 3.77. The minimum absolute atomic E-state index is 0.0661. The SMILES string of the molecule is COc1ccc(CNC(=O)c2cnn3c2N[C@H](c2ccc(C)cc2)C[C@@H]3C(F)(F)F)cc1. The number of nitrogens with zero attached hydrogens (tertiary/aromatic N) is 2. The van der Waals surface area contributed by atoms with Crippen molar-refractivity contribution >= 4 is 11.7 Å². The molecule has 9 heteroatoms. The molecule has 2 atom stereocenters. The Hall–Kier alpha value is -3.49. The molecule has 32 heavy (non-hydrogen) atoms. The molecular formula is C23H23F3N4O2. The van der Waals surface area contributed by atoms with Crippen LogP contribution in [0, 0.1) is 6.92 Å². The van der Waals surface area contributed by atoms with Crippen molar-refractivity contribution in [2.75, 3.05) is 12.4 Å². The predicted octanol–water partition coefficient (Wildman–Crippen LogP) is 4.79. The van der Waals surface area contributed by atoms with E-state index >= 15 is 0 Å². The van der Waals surface area contributed by atoms with Crippen LogP contribution in [0.5, 0.6) is 5.75 Å². The molecule has 2 N–H and O–H groups in total. The Bertz CT molecular complexity index is 1090. The third-order valence-corrected chi connectivity index (χ3v) is 5.57. The van der Waals surface area contributed by atoms with Gasteiger partial charge in [-0.05, 0) is 30.2 Å². The molecule has 1 amide bonds. The smallest absolute Gasteiger partial charge is 0.410 e. The van der Waals surface area contributed by atoms with Crippen LogP contribution < -0.4 is 15.4 Å². The molecule has 2 aromatic carbocycles. The van der Waals surface area contributed by atoms with E-state index in [0.29, 0.717) is 5.75 Å². The molecule has 0 aliphatic carbocycles. The van der Waals surface area contributed by atoms with Gasteiger partial charge in [-0.1, -0.05) is 42.0 Å². The van der Waals surface area contributed by atoms with Gasteiger partial charge in [0.15, 0.2) is 6.04 Å². The zero-order valence-corrected chi connectivity index (χ0v) is 17.6. The van der Waals surface area contributed by atoms with Crippen LogP contribution in [0.15, 0.2) is 54.7 Å². The second-order valence-corrected chi connectivity index (χ2v) is 7.78. The topological polar surface area (TPSA) is 68.2 Å². The van der Waals surface area contributed by atoms with Crippen molar-refractivity contribution in [3.63, 3.8) is 0 Å². The Morgan fingerprint density at radius 1 is 1.19 bits per heavy atom. The number of halogens is 3. The van der Waals surface area contributed by atoms with E-state index in [4.69, 9.17) is 4.74 Å². The first-order chi connectivity index (χ1) is 15.3. The molecule has 1 aromatic heterocycles. The first-order valence-corrected chi connectivity index (χ1v) is 10.1. The minimum Gasteiger partial charge on any atom is -0.497 e. The average Bonchev–Trinajstić information content (AvgIpc) is 3.21. The summed E-state index contributed by atoms with van der Waals surface area (Å²) in [7, 11) is 1.56. The third kappa shape index (κ3) is 4.42. The van der Waals surface area contributed by atoms with E-state index in [9.17, 15) is 18.0 Å². The van der Waals surface area contributed by atoms with E-state index in [2.05, 4.69) is 15.7 Å². The molecule has 0 bridgehead atoms. The van der Waals surface area contributed by atoms with E-state index in [-0.39, 0.29) is 24.3 Å². The van der Waals surface area contributed by atoms with Gasteiger partial charge in [-0.25, -0.2) is 4.68 Å². The molecule has 0 radical (unpaired) electrons. The number of carbonyl (C=O) groups excluding carboxylic acids is 1. The van der Waals surface area contributed by atoms with Crippen LogP contribution >= 0.6 is 0 Å². The number of ether oxygens (including phenoxy) is 1. The van der Waals surface area contributed by atoms with Gasteiger partial charge >= 0.3 is 6.18 Å². The summed E-state index contributed by atoms with van der Waals surface area (Å²) in [5.74, 6) is 0.256. The van der Waals surface area contributed by atoms with Gasteiger partial charge in [-0.3, -0.25) is 4.79 Å². The van der Waals surface area contributed by atoms with Crippen molar-refractivity contribution in [1.82, 2.24) is 15.1 Å². The third-order valence-electron chi connectivity index (χ3n) is 5.57. The number of aryl methyl sites for hydroxylation is 1. The summed E-state index contributed by atoms with van der Waals surface area (Å²) in [5, 5.41) is 9.75. The number of carbonyl (C=O) groups is 1. The zero-order valence-electron chi connectivity index (χ0n) is 17.6. The molecule has 3 aromatic rings. The fraction of sp³-hybridized carbons (Fsp3) is 0.304. The maximum atomic E-state index is 13.8.